The molecule has 1 aromatic heterocycles. The second-order valence-electron chi connectivity index (χ2n) is 6.73. The zero-order valence-electron chi connectivity index (χ0n) is 14.3. The van der Waals surface area contributed by atoms with E-state index < -0.39 is 11.4 Å². The average molecular weight is 373 g/mol. The summed E-state index contributed by atoms with van der Waals surface area (Å²) in [5.74, 6) is -0.644. The average Bonchev–Trinajstić information content (AvgIpc) is 3.23. The number of amides is 1. The molecule has 2 aliphatic heterocycles. The van der Waals surface area contributed by atoms with Crippen LogP contribution in [0.15, 0.2) is 29.6 Å². The minimum atomic E-state index is -1.04. The Bertz CT molecular complexity index is 868. The number of carboxylic acids is 1. The van der Waals surface area contributed by atoms with E-state index in [0.29, 0.717) is 23.8 Å². The third-order valence-corrected chi connectivity index (χ3v) is 6.12. The molecule has 4 rings (SSSR count). The lowest BCUT2D eigenvalue weighted by molar-refractivity contribution is -0.150. The van der Waals surface area contributed by atoms with Crippen LogP contribution >= 0.6 is 11.3 Å². The zero-order chi connectivity index (χ0) is 18.3. The van der Waals surface area contributed by atoms with Crippen LogP contribution in [0.3, 0.4) is 0 Å². The summed E-state index contributed by atoms with van der Waals surface area (Å²) < 4.78 is 5.87. The van der Waals surface area contributed by atoms with Gasteiger partial charge in [0.1, 0.15) is 11.4 Å². The number of rotatable bonds is 3. The fourth-order valence-corrected chi connectivity index (χ4v) is 4.48. The zero-order valence-corrected chi connectivity index (χ0v) is 15.1. The number of hydrogen-bond acceptors (Lipinski definition) is 6. The quantitative estimate of drug-likeness (QED) is 0.855. The van der Waals surface area contributed by atoms with E-state index >= 15 is 0 Å². The Morgan fingerprint density at radius 3 is 2.96 bits per heavy atom. The molecule has 0 spiro atoms. The first kappa shape index (κ1) is 16.8. The molecule has 8 heteroatoms. The highest BCUT2D eigenvalue weighted by atomic mass is 32.1. The summed E-state index contributed by atoms with van der Waals surface area (Å²) in [6, 6.07) is 7.52. The van der Waals surface area contributed by atoms with Crippen LogP contribution in [-0.4, -0.2) is 53.6 Å². The van der Waals surface area contributed by atoms with E-state index in [1.165, 1.54) is 11.3 Å². The maximum absolute atomic E-state index is 12.8. The summed E-state index contributed by atoms with van der Waals surface area (Å²) in [7, 11) is 1.75. The highest BCUT2D eigenvalue weighted by molar-refractivity contribution is 7.13. The molecule has 1 amide bonds. The van der Waals surface area contributed by atoms with E-state index in [1.807, 2.05) is 24.3 Å². The van der Waals surface area contributed by atoms with Gasteiger partial charge in [-0.05, 0) is 18.1 Å². The Hall–Kier alpha value is -2.61. The van der Waals surface area contributed by atoms with Gasteiger partial charge in [-0.1, -0.05) is 18.2 Å². The number of benzene rings is 1. The van der Waals surface area contributed by atoms with Crippen LogP contribution in [0, 0.1) is 11.3 Å². The van der Waals surface area contributed by atoms with E-state index in [-0.39, 0.29) is 25.0 Å². The molecule has 1 saturated heterocycles. The van der Waals surface area contributed by atoms with Crippen molar-refractivity contribution < 1.29 is 19.4 Å². The van der Waals surface area contributed by atoms with E-state index in [2.05, 4.69) is 10.3 Å². The molecular weight excluding hydrogens is 354 g/mol. The van der Waals surface area contributed by atoms with Gasteiger partial charge in [-0.3, -0.25) is 9.59 Å². The van der Waals surface area contributed by atoms with Gasteiger partial charge in [-0.15, -0.1) is 11.3 Å². The minimum Gasteiger partial charge on any atom is -0.493 e. The standard InChI is InChI=1S/C18H19N3O4S/c1-19-17-20-13(9-26-17)15(22)21-7-12-8-25-14-5-3-2-4-11(14)6-18(12,10-21)16(23)24/h2-5,9,12H,6-8,10H2,1H3,(H,19,20)(H,23,24)/t12-,18+/m1/s1. The van der Waals surface area contributed by atoms with Gasteiger partial charge >= 0.3 is 5.97 Å². The number of carbonyl (C=O) groups is 2. The normalized spacial score (nSPS) is 24.2. The minimum absolute atomic E-state index is 0.163. The number of carboxylic acid groups (broad SMARTS) is 1. The number of para-hydroxylation sites is 1. The first-order chi connectivity index (χ1) is 12.5. The Morgan fingerprint density at radius 1 is 1.42 bits per heavy atom. The lowest BCUT2D eigenvalue weighted by atomic mass is 9.74. The molecule has 2 aliphatic rings. The molecule has 3 heterocycles. The van der Waals surface area contributed by atoms with Gasteiger partial charge in [-0.2, -0.15) is 0 Å². The van der Waals surface area contributed by atoms with Crippen LogP contribution in [0.5, 0.6) is 5.75 Å². The summed E-state index contributed by atoms with van der Waals surface area (Å²) in [6.07, 6.45) is 0.353. The van der Waals surface area contributed by atoms with E-state index in [9.17, 15) is 14.7 Å². The Balaban J connectivity index is 1.64. The highest BCUT2D eigenvalue weighted by Crippen LogP contribution is 2.44. The van der Waals surface area contributed by atoms with Crippen molar-refractivity contribution in [3.8, 4) is 5.75 Å². The van der Waals surface area contributed by atoms with Crippen molar-refractivity contribution in [2.45, 2.75) is 6.42 Å². The third kappa shape index (κ3) is 2.61. The molecule has 0 saturated carbocycles. The molecule has 0 aliphatic carbocycles. The summed E-state index contributed by atoms with van der Waals surface area (Å²) >= 11 is 1.35. The summed E-state index contributed by atoms with van der Waals surface area (Å²) in [5, 5.41) is 15.3. The molecule has 0 unspecified atom stereocenters. The van der Waals surface area contributed by atoms with E-state index in [1.54, 1.807) is 17.3 Å². The first-order valence-corrected chi connectivity index (χ1v) is 9.28. The maximum Gasteiger partial charge on any atom is 0.312 e. The van der Waals surface area contributed by atoms with Gasteiger partial charge in [-0.25, -0.2) is 4.98 Å². The van der Waals surface area contributed by atoms with Crippen LogP contribution in [0.4, 0.5) is 5.13 Å². The van der Waals surface area contributed by atoms with Crippen molar-refractivity contribution >= 4 is 28.3 Å². The second kappa shape index (κ2) is 6.28. The van der Waals surface area contributed by atoms with Gasteiger partial charge in [0.05, 0.1) is 12.0 Å². The van der Waals surface area contributed by atoms with Gasteiger partial charge in [0.2, 0.25) is 0 Å². The van der Waals surface area contributed by atoms with Crippen molar-refractivity contribution in [2.75, 3.05) is 32.1 Å². The molecule has 0 radical (unpaired) electrons. The molecule has 2 atom stereocenters. The molecule has 26 heavy (non-hydrogen) atoms. The number of ether oxygens (including phenoxy) is 1. The van der Waals surface area contributed by atoms with Crippen molar-refractivity contribution in [3.05, 3.63) is 40.9 Å². The highest BCUT2D eigenvalue weighted by Gasteiger charge is 2.55. The summed E-state index contributed by atoms with van der Waals surface area (Å²) in [6.45, 7) is 0.799. The van der Waals surface area contributed by atoms with Gasteiger partial charge in [0, 0.05) is 31.4 Å². The molecular formula is C18H19N3O4S. The van der Waals surface area contributed by atoms with Crippen molar-refractivity contribution in [3.63, 3.8) is 0 Å². The topological polar surface area (TPSA) is 91.8 Å². The number of aromatic nitrogens is 1. The molecule has 1 aromatic carbocycles. The lowest BCUT2D eigenvalue weighted by Crippen LogP contribution is -2.42. The number of likely N-dealkylation sites (tertiary alicyclic amines) is 1. The Morgan fingerprint density at radius 2 is 2.23 bits per heavy atom. The molecule has 7 nitrogen and oxygen atoms in total. The first-order valence-electron chi connectivity index (χ1n) is 8.40. The fourth-order valence-electron chi connectivity index (χ4n) is 3.83. The van der Waals surface area contributed by atoms with Crippen LogP contribution in [-0.2, 0) is 11.2 Å². The molecule has 2 N–H and O–H groups in total. The number of fused-ring (bicyclic) bond motifs is 2. The molecule has 1 fully saturated rings. The predicted molar refractivity (Wildman–Crippen MR) is 96.8 cm³/mol. The van der Waals surface area contributed by atoms with Gasteiger partial charge in [0.15, 0.2) is 5.13 Å². The summed E-state index contributed by atoms with van der Waals surface area (Å²) in [5.41, 5.74) is 0.180. The number of thiazole rings is 1. The van der Waals surface area contributed by atoms with Crippen molar-refractivity contribution in [2.24, 2.45) is 11.3 Å². The maximum atomic E-state index is 12.8. The van der Waals surface area contributed by atoms with E-state index in [0.717, 1.165) is 11.3 Å². The summed E-state index contributed by atoms with van der Waals surface area (Å²) in [4.78, 5) is 30.9. The lowest BCUT2D eigenvalue weighted by Gasteiger charge is -2.27. The predicted octanol–water partition coefficient (Wildman–Crippen LogP) is 1.96. The Kier molecular flexibility index (Phi) is 4.07. The SMILES string of the molecule is CNc1nc(C(=O)N2C[C@@H]3COc4ccccc4C[C@]3(C(=O)O)C2)cs1. The van der Waals surface area contributed by atoms with Crippen LogP contribution < -0.4 is 10.1 Å². The number of aliphatic carboxylic acids is 1. The fraction of sp³-hybridized carbons (Fsp3) is 0.389. The van der Waals surface area contributed by atoms with Crippen molar-refractivity contribution in [1.29, 1.82) is 0 Å². The Labute approximate surface area is 154 Å². The van der Waals surface area contributed by atoms with E-state index in [4.69, 9.17) is 4.74 Å². The second-order valence-corrected chi connectivity index (χ2v) is 7.59. The van der Waals surface area contributed by atoms with Gasteiger partial charge in [0.25, 0.3) is 5.91 Å². The van der Waals surface area contributed by atoms with Crippen molar-refractivity contribution in [1.82, 2.24) is 9.88 Å². The monoisotopic (exact) mass is 373 g/mol. The van der Waals surface area contributed by atoms with Gasteiger partial charge < -0.3 is 20.1 Å². The number of carbonyl (C=O) groups excluding carboxylic acids is 1. The smallest absolute Gasteiger partial charge is 0.312 e. The molecule has 136 valence electrons. The molecule has 2 aromatic rings. The van der Waals surface area contributed by atoms with Crippen LogP contribution in [0.25, 0.3) is 0 Å². The number of nitrogens with zero attached hydrogens (tertiary/aromatic N) is 2. The molecule has 0 bridgehead atoms. The van der Waals surface area contributed by atoms with Crippen LogP contribution in [0.1, 0.15) is 16.1 Å². The van der Waals surface area contributed by atoms with Crippen LogP contribution in [0.2, 0.25) is 0 Å². The third-order valence-electron chi connectivity index (χ3n) is 5.26. The number of anilines is 1. The number of hydrogen-bond donors (Lipinski definition) is 2. The number of nitrogens with one attached hydrogen (secondary N) is 1. The largest absolute Gasteiger partial charge is 0.493 e.